The third kappa shape index (κ3) is 3.53. The van der Waals surface area contributed by atoms with Gasteiger partial charge in [0.2, 0.25) is 0 Å². The maximum Gasteiger partial charge on any atom is 0.270 e. The number of pyridine rings is 2. The summed E-state index contributed by atoms with van der Waals surface area (Å²) >= 11 is 0. The lowest BCUT2D eigenvalue weighted by atomic mass is 9.46. The SMILES string of the molecule is Cc1cccc(C(=O)CC23CC4CC(C2)CC(NC(=O)c2cc(F)ccn2)(C4)C3)n1. The van der Waals surface area contributed by atoms with Crippen LogP contribution in [0.3, 0.4) is 0 Å². The number of hydrogen-bond acceptors (Lipinski definition) is 4. The second-order valence-corrected chi connectivity index (χ2v) is 9.82. The molecule has 4 saturated carbocycles. The number of hydrogen-bond donors (Lipinski definition) is 1. The van der Waals surface area contributed by atoms with E-state index in [1.54, 1.807) is 6.07 Å². The minimum Gasteiger partial charge on any atom is -0.345 e. The Morgan fingerprint density at radius 3 is 2.60 bits per heavy atom. The van der Waals surface area contributed by atoms with Gasteiger partial charge in [0.15, 0.2) is 5.78 Å². The molecule has 0 saturated heterocycles. The molecule has 0 radical (unpaired) electrons. The molecule has 6 heteroatoms. The van der Waals surface area contributed by atoms with Crippen molar-refractivity contribution in [3.63, 3.8) is 0 Å². The molecule has 0 aliphatic heterocycles. The second kappa shape index (κ2) is 6.96. The molecule has 2 aromatic rings. The molecule has 4 fully saturated rings. The van der Waals surface area contributed by atoms with E-state index in [9.17, 15) is 14.0 Å². The van der Waals surface area contributed by atoms with E-state index < -0.39 is 5.82 Å². The van der Waals surface area contributed by atoms with Crippen LogP contribution in [0.15, 0.2) is 36.5 Å². The van der Waals surface area contributed by atoms with Crippen LogP contribution in [0.4, 0.5) is 4.39 Å². The first kappa shape index (κ1) is 19.3. The summed E-state index contributed by atoms with van der Waals surface area (Å²) in [6.45, 7) is 1.90. The predicted molar refractivity (Wildman–Crippen MR) is 109 cm³/mol. The Bertz CT molecular complexity index is 930. The van der Waals surface area contributed by atoms with Crippen LogP contribution < -0.4 is 5.32 Å². The highest BCUT2D eigenvalue weighted by Crippen LogP contribution is 2.63. The fourth-order valence-corrected chi connectivity index (χ4v) is 6.77. The van der Waals surface area contributed by atoms with Gasteiger partial charge in [-0.3, -0.25) is 19.6 Å². The summed E-state index contributed by atoms with van der Waals surface area (Å²) in [5.74, 6) is 0.344. The van der Waals surface area contributed by atoms with Gasteiger partial charge in [-0.2, -0.15) is 0 Å². The van der Waals surface area contributed by atoms with Crippen LogP contribution in [0.1, 0.15) is 71.6 Å². The molecule has 156 valence electrons. The van der Waals surface area contributed by atoms with Crippen molar-refractivity contribution >= 4 is 11.7 Å². The molecule has 2 heterocycles. The molecule has 4 aliphatic rings. The Morgan fingerprint density at radius 1 is 1.13 bits per heavy atom. The normalized spacial score (nSPS) is 31.5. The molecule has 5 nitrogen and oxygen atoms in total. The van der Waals surface area contributed by atoms with E-state index in [4.69, 9.17) is 0 Å². The molecule has 6 rings (SSSR count). The summed E-state index contributed by atoms with van der Waals surface area (Å²) in [6, 6.07) is 7.98. The molecule has 0 aromatic carbocycles. The van der Waals surface area contributed by atoms with Crippen LogP contribution in [0.2, 0.25) is 0 Å². The maximum absolute atomic E-state index is 13.6. The second-order valence-electron chi connectivity index (χ2n) is 9.82. The molecule has 4 aliphatic carbocycles. The summed E-state index contributed by atoms with van der Waals surface area (Å²) in [5.41, 5.74) is 1.08. The highest BCUT2D eigenvalue weighted by molar-refractivity contribution is 5.95. The van der Waals surface area contributed by atoms with E-state index in [-0.39, 0.29) is 28.3 Å². The van der Waals surface area contributed by atoms with E-state index in [2.05, 4.69) is 15.3 Å². The first-order chi connectivity index (χ1) is 14.3. The minimum atomic E-state index is -0.464. The first-order valence-corrected chi connectivity index (χ1v) is 10.7. The van der Waals surface area contributed by atoms with Crippen molar-refractivity contribution in [3.05, 3.63) is 59.4 Å². The van der Waals surface area contributed by atoms with Crippen molar-refractivity contribution < 1.29 is 14.0 Å². The largest absolute Gasteiger partial charge is 0.345 e. The van der Waals surface area contributed by atoms with Gasteiger partial charge in [0.25, 0.3) is 5.91 Å². The zero-order chi connectivity index (χ0) is 20.9. The minimum absolute atomic E-state index is 0.0881. The summed E-state index contributed by atoms with van der Waals surface area (Å²) in [6.07, 6.45) is 7.71. The third-order valence-corrected chi connectivity index (χ3v) is 7.23. The number of rotatable bonds is 5. The molecule has 2 atom stereocenters. The number of Topliss-reactive ketones (excluding diaryl/α,β-unsaturated/α-hetero) is 1. The van der Waals surface area contributed by atoms with Gasteiger partial charge in [0, 0.05) is 29.9 Å². The van der Waals surface area contributed by atoms with E-state index in [1.807, 2.05) is 19.1 Å². The van der Waals surface area contributed by atoms with Crippen LogP contribution in [-0.4, -0.2) is 27.2 Å². The number of nitrogens with zero attached hydrogens (tertiary/aromatic N) is 2. The maximum atomic E-state index is 13.6. The topological polar surface area (TPSA) is 72.0 Å². The number of nitrogens with one attached hydrogen (secondary N) is 1. The van der Waals surface area contributed by atoms with E-state index >= 15 is 0 Å². The summed E-state index contributed by atoms with van der Waals surface area (Å²) < 4.78 is 13.6. The Kier molecular flexibility index (Phi) is 4.49. The Morgan fingerprint density at radius 2 is 1.90 bits per heavy atom. The van der Waals surface area contributed by atoms with Gasteiger partial charge < -0.3 is 5.32 Å². The van der Waals surface area contributed by atoms with Crippen LogP contribution in [0.25, 0.3) is 0 Å². The van der Waals surface area contributed by atoms with Crippen molar-refractivity contribution in [2.24, 2.45) is 17.3 Å². The number of aromatic nitrogens is 2. The van der Waals surface area contributed by atoms with Crippen LogP contribution >= 0.6 is 0 Å². The van der Waals surface area contributed by atoms with Gasteiger partial charge in [-0.25, -0.2) is 4.39 Å². The van der Waals surface area contributed by atoms with Crippen LogP contribution in [-0.2, 0) is 0 Å². The Labute approximate surface area is 175 Å². The van der Waals surface area contributed by atoms with Crippen molar-refractivity contribution in [2.45, 2.75) is 57.4 Å². The molecule has 30 heavy (non-hydrogen) atoms. The molecular weight excluding hydrogens is 381 g/mol. The lowest BCUT2D eigenvalue weighted by Crippen LogP contribution is -2.63. The van der Waals surface area contributed by atoms with Gasteiger partial charge in [-0.05, 0) is 80.9 Å². The standard InChI is InChI=1S/C24H26FN3O2/c1-15-3-2-4-19(27-15)21(29)13-23-9-16-7-17(10-23)12-24(11-16,14-23)28-22(30)20-8-18(25)5-6-26-20/h2-6,8,16-17H,7,9-14H2,1H3,(H,28,30). The Hall–Kier alpha value is -2.63. The quantitative estimate of drug-likeness (QED) is 0.752. The predicted octanol–water partition coefficient (Wildman–Crippen LogP) is 4.27. The zero-order valence-electron chi connectivity index (χ0n) is 17.2. The molecule has 1 N–H and O–H groups in total. The monoisotopic (exact) mass is 407 g/mol. The van der Waals surface area contributed by atoms with Crippen molar-refractivity contribution in [1.29, 1.82) is 0 Å². The van der Waals surface area contributed by atoms with Crippen LogP contribution in [0.5, 0.6) is 0 Å². The number of aryl methyl sites for hydroxylation is 1. The van der Waals surface area contributed by atoms with E-state index in [0.29, 0.717) is 24.0 Å². The van der Waals surface area contributed by atoms with Crippen LogP contribution in [0, 0.1) is 30.0 Å². The molecule has 2 aromatic heterocycles. The van der Waals surface area contributed by atoms with Gasteiger partial charge >= 0.3 is 0 Å². The number of carbonyl (C=O) groups excluding carboxylic acids is 2. The van der Waals surface area contributed by atoms with E-state index in [1.165, 1.54) is 24.8 Å². The third-order valence-electron chi connectivity index (χ3n) is 7.23. The number of ketones is 1. The number of amides is 1. The van der Waals surface area contributed by atoms with Gasteiger partial charge in [0.1, 0.15) is 17.2 Å². The molecule has 4 bridgehead atoms. The van der Waals surface area contributed by atoms with Gasteiger partial charge in [0.05, 0.1) is 0 Å². The molecule has 2 unspecified atom stereocenters. The highest BCUT2D eigenvalue weighted by atomic mass is 19.1. The zero-order valence-corrected chi connectivity index (χ0v) is 17.2. The molecule has 1 amide bonds. The lowest BCUT2D eigenvalue weighted by Gasteiger charge is -2.62. The summed E-state index contributed by atoms with van der Waals surface area (Å²) in [7, 11) is 0. The smallest absolute Gasteiger partial charge is 0.270 e. The van der Waals surface area contributed by atoms with Crippen molar-refractivity contribution in [2.75, 3.05) is 0 Å². The average molecular weight is 407 g/mol. The van der Waals surface area contributed by atoms with E-state index in [0.717, 1.165) is 37.8 Å². The summed E-state index contributed by atoms with van der Waals surface area (Å²) in [5, 5.41) is 3.22. The summed E-state index contributed by atoms with van der Waals surface area (Å²) in [4.78, 5) is 34.4. The first-order valence-electron chi connectivity index (χ1n) is 10.7. The molecule has 0 spiro atoms. The fraction of sp³-hybridized carbons (Fsp3) is 0.500. The number of halogens is 1. The lowest BCUT2D eigenvalue weighted by molar-refractivity contribution is -0.0771. The average Bonchev–Trinajstić information content (AvgIpc) is 2.66. The number of carbonyl (C=O) groups is 2. The molecular formula is C24H26FN3O2. The highest BCUT2D eigenvalue weighted by Gasteiger charge is 2.58. The Balaban J connectivity index is 1.38. The fourth-order valence-electron chi connectivity index (χ4n) is 6.77. The van der Waals surface area contributed by atoms with Gasteiger partial charge in [-0.1, -0.05) is 6.07 Å². The van der Waals surface area contributed by atoms with Crippen molar-refractivity contribution in [3.8, 4) is 0 Å². The van der Waals surface area contributed by atoms with Crippen molar-refractivity contribution in [1.82, 2.24) is 15.3 Å². The van der Waals surface area contributed by atoms with Gasteiger partial charge in [-0.15, -0.1) is 0 Å².